The van der Waals surface area contributed by atoms with Crippen molar-refractivity contribution < 1.29 is 4.79 Å². The van der Waals surface area contributed by atoms with Crippen LogP contribution in [0.5, 0.6) is 0 Å². The maximum atomic E-state index is 11.8. The van der Waals surface area contributed by atoms with Gasteiger partial charge in [-0.15, -0.1) is 11.3 Å². The Hall–Kier alpha value is -0.880. The second-order valence-electron chi connectivity index (χ2n) is 3.37. The van der Waals surface area contributed by atoms with Gasteiger partial charge in [0.1, 0.15) is 0 Å². The van der Waals surface area contributed by atoms with E-state index in [1.165, 1.54) is 11.3 Å². The van der Waals surface area contributed by atoms with Crippen LogP contribution in [0.4, 0.5) is 5.69 Å². The summed E-state index contributed by atoms with van der Waals surface area (Å²) in [5.41, 5.74) is 0.836. The number of rotatable bonds is 2. The molecule has 1 amide bonds. The van der Waals surface area contributed by atoms with Crippen molar-refractivity contribution in [3.05, 3.63) is 49.7 Å². The summed E-state index contributed by atoms with van der Waals surface area (Å²) < 4.78 is 1.11. The summed E-state index contributed by atoms with van der Waals surface area (Å²) in [6, 6.07) is 11.6. The minimum absolute atomic E-state index is 0.0416. The molecule has 16 heavy (non-hydrogen) atoms. The van der Waals surface area contributed by atoms with Gasteiger partial charge < -0.3 is 5.32 Å². The molecule has 82 valence electrons. The van der Waals surface area contributed by atoms with E-state index >= 15 is 0 Å². The van der Waals surface area contributed by atoms with Crippen LogP contribution in [0.25, 0.3) is 0 Å². The quantitative estimate of drug-likeness (QED) is 0.823. The molecule has 1 heterocycles. The fourth-order valence-electron chi connectivity index (χ4n) is 1.32. The van der Waals surface area contributed by atoms with Crippen LogP contribution < -0.4 is 5.32 Å². The van der Waals surface area contributed by atoms with Gasteiger partial charge >= 0.3 is 0 Å². The summed E-state index contributed by atoms with van der Waals surface area (Å²) in [4.78, 5) is 13.7. The lowest BCUT2D eigenvalue weighted by Gasteiger charge is -2.03. The zero-order chi connectivity index (χ0) is 11.5. The number of thiophene rings is 1. The van der Waals surface area contributed by atoms with Crippen molar-refractivity contribution in [1.82, 2.24) is 0 Å². The SMILES string of the molecule is Cc1ccc(C(=O)Nc2cccc(I)c2)s1. The van der Waals surface area contributed by atoms with Crippen molar-refractivity contribution in [3.63, 3.8) is 0 Å². The molecule has 2 rings (SSSR count). The smallest absolute Gasteiger partial charge is 0.265 e. The Morgan fingerprint density at radius 2 is 2.12 bits per heavy atom. The van der Waals surface area contributed by atoms with Crippen LogP contribution in [0.15, 0.2) is 36.4 Å². The number of nitrogens with one attached hydrogen (secondary N) is 1. The third-order valence-corrected chi connectivity index (χ3v) is 3.72. The second kappa shape index (κ2) is 4.97. The minimum Gasteiger partial charge on any atom is -0.321 e. The molecule has 2 nitrogen and oxygen atoms in total. The van der Waals surface area contributed by atoms with Gasteiger partial charge in [0, 0.05) is 14.1 Å². The number of carbonyl (C=O) groups excluding carboxylic acids is 1. The second-order valence-corrected chi connectivity index (χ2v) is 5.91. The van der Waals surface area contributed by atoms with Crippen LogP contribution in [0.2, 0.25) is 0 Å². The molecule has 0 saturated carbocycles. The van der Waals surface area contributed by atoms with Gasteiger partial charge in [0.25, 0.3) is 5.91 Å². The van der Waals surface area contributed by atoms with Gasteiger partial charge in [-0.25, -0.2) is 0 Å². The molecule has 0 unspecified atom stereocenters. The van der Waals surface area contributed by atoms with Crippen molar-refractivity contribution in [1.29, 1.82) is 0 Å². The van der Waals surface area contributed by atoms with E-state index in [0.29, 0.717) is 0 Å². The summed E-state index contributed by atoms with van der Waals surface area (Å²) in [5.74, 6) is -0.0416. The molecule has 0 radical (unpaired) electrons. The molecule has 0 spiro atoms. The van der Waals surface area contributed by atoms with E-state index in [2.05, 4.69) is 27.9 Å². The van der Waals surface area contributed by atoms with Crippen molar-refractivity contribution in [3.8, 4) is 0 Å². The first-order valence-electron chi connectivity index (χ1n) is 4.78. The molecule has 0 aliphatic heterocycles. The summed E-state index contributed by atoms with van der Waals surface area (Å²) in [5, 5.41) is 2.88. The normalized spacial score (nSPS) is 10.1. The number of aryl methyl sites for hydroxylation is 1. The molecule has 1 aromatic carbocycles. The molecule has 4 heteroatoms. The van der Waals surface area contributed by atoms with Crippen molar-refractivity contribution >= 4 is 45.5 Å². The maximum Gasteiger partial charge on any atom is 0.265 e. The van der Waals surface area contributed by atoms with Crippen LogP contribution in [-0.4, -0.2) is 5.91 Å². The largest absolute Gasteiger partial charge is 0.321 e. The first-order valence-corrected chi connectivity index (χ1v) is 6.68. The van der Waals surface area contributed by atoms with E-state index in [-0.39, 0.29) is 5.91 Å². The maximum absolute atomic E-state index is 11.8. The predicted octanol–water partition coefficient (Wildman–Crippen LogP) is 3.91. The number of anilines is 1. The van der Waals surface area contributed by atoms with Crippen molar-refractivity contribution in [2.24, 2.45) is 0 Å². The zero-order valence-electron chi connectivity index (χ0n) is 8.66. The minimum atomic E-state index is -0.0416. The van der Waals surface area contributed by atoms with Gasteiger partial charge in [0.2, 0.25) is 0 Å². The number of carbonyl (C=O) groups is 1. The average molecular weight is 343 g/mol. The number of amides is 1. The number of hydrogen-bond acceptors (Lipinski definition) is 2. The van der Waals surface area contributed by atoms with Crippen LogP contribution in [0.3, 0.4) is 0 Å². The van der Waals surface area contributed by atoms with E-state index in [1.807, 2.05) is 43.3 Å². The van der Waals surface area contributed by atoms with Crippen molar-refractivity contribution in [2.45, 2.75) is 6.92 Å². The van der Waals surface area contributed by atoms with Crippen molar-refractivity contribution in [2.75, 3.05) is 5.32 Å². The van der Waals surface area contributed by atoms with Crippen LogP contribution in [-0.2, 0) is 0 Å². The zero-order valence-corrected chi connectivity index (χ0v) is 11.6. The topological polar surface area (TPSA) is 29.1 Å². The first kappa shape index (κ1) is 11.6. The number of hydrogen-bond donors (Lipinski definition) is 1. The van der Waals surface area contributed by atoms with Gasteiger partial charge in [-0.3, -0.25) is 4.79 Å². The molecule has 2 aromatic rings. The summed E-state index contributed by atoms with van der Waals surface area (Å²) in [6.07, 6.45) is 0. The van der Waals surface area contributed by atoms with Crippen LogP contribution >= 0.6 is 33.9 Å². The molecule has 0 bridgehead atoms. The molecule has 1 aromatic heterocycles. The lowest BCUT2D eigenvalue weighted by molar-refractivity contribution is 0.103. The standard InChI is InChI=1S/C12H10INOS/c1-8-5-6-11(16-8)12(15)14-10-4-2-3-9(13)7-10/h2-7H,1H3,(H,14,15). The fourth-order valence-corrected chi connectivity index (χ4v) is 2.62. The Balaban J connectivity index is 2.13. The van der Waals surface area contributed by atoms with E-state index in [4.69, 9.17) is 0 Å². The predicted molar refractivity (Wildman–Crippen MR) is 76.2 cm³/mol. The highest BCUT2D eigenvalue weighted by atomic mass is 127. The number of halogens is 1. The Morgan fingerprint density at radius 1 is 1.31 bits per heavy atom. The molecule has 0 aliphatic rings. The Labute approximate surface area is 112 Å². The molecule has 0 atom stereocenters. The molecule has 0 saturated heterocycles. The van der Waals surface area contributed by atoms with E-state index in [1.54, 1.807) is 0 Å². The van der Waals surface area contributed by atoms with Crippen LogP contribution in [0, 0.1) is 10.5 Å². The molecular weight excluding hydrogens is 333 g/mol. The monoisotopic (exact) mass is 343 g/mol. The highest BCUT2D eigenvalue weighted by Gasteiger charge is 2.07. The lowest BCUT2D eigenvalue weighted by atomic mass is 10.3. The van der Waals surface area contributed by atoms with Crippen LogP contribution in [0.1, 0.15) is 14.5 Å². The highest BCUT2D eigenvalue weighted by Crippen LogP contribution is 2.18. The Morgan fingerprint density at radius 3 is 2.75 bits per heavy atom. The third kappa shape index (κ3) is 2.82. The van der Waals surface area contributed by atoms with Gasteiger partial charge in [-0.05, 0) is 59.8 Å². The molecular formula is C12H10INOS. The summed E-state index contributed by atoms with van der Waals surface area (Å²) >= 11 is 3.73. The van der Waals surface area contributed by atoms with E-state index in [9.17, 15) is 4.79 Å². The average Bonchev–Trinajstić information content (AvgIpc) is 2.65. The van der Waals surface area contributed by atoms with E-state index in [0.717, 1.165) is 19.0 Å². The highest BCUT2D eigenvalue weighted by molar-refractivity contribution is 14.1. The first-order chi connectivity index (χ1) is 7.65. The number of benzene rings is 1. The third-order valence-electron chi connectivity index (χ3n) is 2.05. The van der Waals surface area contributed by atoms with Gasteiger partial charge in [-0.1, -0.05) is 6.07 Å². The Bertz CT molecular complexity index is 521. The molecule has 0 fully saturated rings. The van der Waals surface area contributed by atoms with Gasteiger partial charge in [-0.2, -0.15) is 0 Å². The lowest BCUT2D eigenvalue weighted by Crippen LogP contribution is -2.09. The Kier molecular flexibility index (Phi) is 3.60. The molecule has 0 aliphatic carbocycles. The van der Waals surface area contributed by atoms with Gasteiger partial charge in [0.05, 0.1) is 4.88 Å². The summed E-state index contributed by atoms with van der Waals surface area (Å²) in [6.45, 7) is 1.99. The van der Waals surface area contributed by atoms with Gasteiger partial charge in [0.15, 0.2) is 0 Å². The fraction of sp³-hybridized carbons (Fsp3) is 0.0833. The van der Waals surface area contributed by atoms with E-state index < -0.39 is 0 Å². The summed E-state index contributed by atoms with van der Waals surface area (Å²) in [7, 11) is 0. The molecule has 1 N–H and O–H groups in total.